The molecule has 1 atom stereocenters. The van der Waals surface area contributed by atoms with E-state index in [1.807, 2.05) is 0 Å². The second-order valence-corrected chi connectivity index (χ2v) is 14.4. The molecule has 0 radical (unpaired) electrons. The van der Waals surface area contributed by atoms with E-state index in [1.165, 1.54) is 116 Å². The summed E-state index contributed by atoms with van der Waals surface area (Å²) in [6, 6.07) is 0. The van der Waals surface area contributed by atoms with Gasteiger partial charge in [-0.05, 0) is 25.2 Å². The van der Waals surface area contributed by atoms with Crippen molar-refractivity contribution in [2.45, 2.75) is 226 Å². The molecule has 0 fully saturated rings. The topological polar surface area (TPSA) is 78.9 Å². The molecule has 0 bridgehead atoms. The van der Waals surface area contributed by atoms with Gasteiger partial charge in [0.15, 0.2) is 6.10 Å². The van der Waals surface area contributed by atoms with Crippen LogP contribution in [-0.2, 0) is 28.6 Å². The molecule has 0 aromatic carbocycles. The lowest BCUT2D eigenvalue weighted by atomic mass is 10.0. The van der Waals surface area contributed by atoms with E-state index in [0.29, 0.717) is 19.3 Å². The molecule has 0 aliphatic heterocycles. The van der Waals surface area contributed by atoms with Gasteiger partial charge in [-0.15, -0.1) is 0 Å². The van der Waals surface area contributed by atoms with Gasteiger partial charge in [-0.2, -0.15) is 0 Å². The molecule has 0 spiro atoms. The summed E-state index contributed by atoms with van der Waals surface area (Å²) >= 11 is 0. The van der Waals surface area contributed by atoms with E-state index in [1.54, 1.807) is 0 Å². The highest BCUT2D eigenvalue weighted by Gasteiger charge is 2.19. The summed E-state index contributed by atoms with van der Waals surface area (Å²) in [4.78, 5) is 37.4. The van der Waals surface area contributed by atoms with E-state index < -0.39 is 6.10 Å². The van der Waals surface area contributed by atoms with Crippen LogP contribution in [0, 0.1) is 5.92 Å². The molecule has 0 aliphatic rings. The Morgan fingerprint density at radius 1 is 0.404 bits per heavy atom. The van der Waals surface area contributed by atoms with Gasteiger partial charge in [0.25, 0.3) is 0 Å². The van der Waals surface area contributed by atoms with Crippen molar-refractivity contribution in [3.8, 4) is 0 Å². The Hall–Kier alpha value is -1.59. The zero-order chi connectivity index (χ0) is 34.6. The third-order valence-corrected chi connectivity index (χ3v) is 9.04. The van der Waals surface area contributed by atoms with Crippen molar-refractivity contribution in [2.75, 3.05) is 13.2 Å². The van der Waals surface area contributed by atoms with Gasteiger partial charge in [-0.25, -0.2) is 0 Å². The molecule has 0 rings (SSSR count). The smallest absolute Gasteiger partial charge is 0.306 e. The third-order valence-electron chi connectivity index (χ3n) is 9.04. The lowest BCUT2D eigenvalue weighted by molar-refractivity contribution is -0.167. The molecule has 6 heteroatoms. The van der Waals surface area contributed by atoms with Gasteiger partial charge < -0.3 is 14.2 Å². The van der Waals surface area contributed by atoms with Crippen molar-refractivity contribution < 1.29 is 28.6 Å². The van der Waals surface area contributed by atoms with Crippen LogP contribution in [0.1, 0.15) is 220 Å². The van der Waals surface area contributed by atoms with Crippen molar-refractivity contribution in [3.63, 3.8) is 0 Å². The highest BCUT2D eigenvalue weighted by Crippen LogP contribution is 2.15. The molecule has 278 valence electrons. The van der Waals surface area contributed by atoms with Gasteiger partial charge in [-0.3, -0.25) is 14.4 Å². The average Bonchev–Trinajstić information content (AvgIpc) is 3.05. The maximum Gasteiger partial charge on any atom is 0.306 e. The number of ether oxygens (including phenoxy) is 3. The summed E-state index contributed by atoms with van der Waals surface area (Å²) in [5.41, 5.74) is 0. The predicted octanol–water partition coefficient (Wildman–Crippen LogP) is 12.4. The van der Waals surface area contributed by atoms with E-state index in [4.69, 9.17) is 14.2 Å². The van der Waals surface area contributed by atoms with Crippen LogP contribution in [0.4, 0.5) is 0 Å². The highest BCUT2D eigenvalue weighted by molar-refractivity contribution is 5.71. The number of rotatable bonds is 36. The molecule has 0 unspecified atom stereocenters. The Bertz CT molecular complexity index is 706. The van der Waals surface area contributed by atoms with Gasteiger partial charge >= 0.3 is 17.9 Å². The summed E-state index contributed by atoms with van der Waals surface area (Å²) in [7, 11) is 0. The molecule has 0 saturated carbocycles. The Kier molecular flexibility index (Phi) is 34.5. The summed E-state index contributed by atoms with van der Waals surface area (Å²) in [5.74, 6) is -0.0889. The maximum atomic E-state index is 12.5. The van der Waals surface area contributed by atoms with Crippen LogP contribution in [0.25, 0.3) is 0 Å². The van der Waals surface area contributed by atoms with Crippen LogP contribution >= 0.6 is 0 Å². The maximum absolute atomic E-state index is 12.5. The SMILES string of the molecule is CCCCCCCCCCCCCCC(=O)OC[C@@H](COC(=O)CCCCCCCCCC(C)C)OC(=O)CCCCCCCCC. The van der Waals surface area contributed by atoms with Crippen LogP contribution < -0.4 is 0 Å². The molecular formula is C41H78O6. The molecule has 0 N–H and O–H groups in total. The van der Waals surface area contributed by atoms with Crippen LogP contribution in [0.15, 0.2) is 0 Å². The first-order chi connectivity index (χ1) is 22.9. The second kappa shape index (κ2) is 35.7. The van der Waals surface area contributed by atoms with Crippen LogP contribution in [0.5, 0.6) is 0 Å². The van der Waals surface area contributed by atoms with Crippen LogP contribution in [0.3, 0.4) is 0 Å². The third kappa shape index (κ3) is 35.5. The number of esters is 3. The number of hydrogen-bond donors (Lipinski definition) is 0. The zero-order valence-electron chi connectivity index (χ0n) is 31.7. The molecule has 0 aliphatic carbocycles. The predicted molar refractivity (Wildman–Crippen MR) is 196 cm³/mol. The van der Waals surface area contributed by atoms with Crippen LogP contribution in [0.2, 0.25) is 0 Å². The van der Waals surface area contributed by atoms with E-state index in [9.17, 15) is 14.4 Å². The minimum Gasteiger partial charge on any atom is -0.462 e. The molecule has 0 aromatic rings. The first-order valence-corrected chi connectivity index (χ1v) is 20.4. The molecular weight excluding hydrogens is 588 g/mol. The van der Waals surface area contributed by atoms with Crippen LogP contribution in [-0.4, -0.2) is 37.2 Å². The number of unbranched alkanes of at least 4 members (excludes halogenated alkanes) is 23. The monoisotopic (exact) mass is 667 g/mol. The Morgan fingerprint density at radius 2 is 0.702 bits per heavy atom. The van der Waals surface area contributed by atoms with E-state index >= 15 is 0 Å². The first kappa shape index (κ1) is 45.4. The largest absolute Gasteiger partial charge is 0.462 e. The molecule has 6 nitrogen and oxygen atoms in total. The highest BCUT2D eigenvalue weighted by atomic mass is 16.6. The molecule has 47 heavy (non-hydrogen) atoms. The number of carbonyl (C=O) groups excluding carboxylic acids is 3. The Balaban J connectivity index is 4.29. The number of carbonyl (C=O) groups is 3. The fourth-order valence-electron chi connectivity index (χ4n) is 5.92. The minimum atomic E-state index is -0.757. The molecule has 0 saturated heterocycles. The summed E-state index contributed by atoms with van der Waals surface area (Å²) in [6.07, 6.45) is 32.4. The second-order valence-electron chi connectivity index (χ2n) is 14.4. The van der Waals surface area contributed by atoms with Crippen molar-refractivity contribution in [3.05, 3.63) is 0 Å². The summed E-state index contributed by atoms with van der Waals surface area (Å²) < 4.78 is 16.6. The van der Waals surface area contributed by atoms with E-state index in [2.05, 4.69) is 27.7 Å². The van der Waals surface area contributed by atoms with Crippen molar-refractivity contribution in [2.24, 2.45) is 5.92 Å². The normalized spacial score (nSPS) is 11.9. The van der Waals surface area contributed by atoms with Gasteiger partial charge in [-0.1, -0.05) is 182 Å². The summed E-state index contributed by atoms with van der Waals surface area (Å²) in [5, 5.41) is 0. The molecule has 0 aromatic heterocycles. The van der Waals surface area contributed by atoms with Gasteiger partial charge in [0.2, 0.25) is 0 Å². The standard InChI is InChI=1S/C41H78O6/c1-5-7-9-11-13-14-15-16-17-21-24-28-32-39(42)45-35-38(47-41(44)34-30-26-19-12-10-8-6-2)36-46-40(43)33-29-25-22-18-20-23-27-31-37(3)4/h37-38H,5-36H2,1-4H3/t38-/m0/s1. The lowest BCUT2D eigenvalue weighted by Gasteiger charge is -2.18. The van der Waals surface area contributed by atoms with E-state index in [0.717, 1.165) is 63.7 Å². The van der Waals surface area contributed by atoms with E-state index in [-0.39, 0.29) is 31.1 Å². The van der Waals surface area contributed by atoms with Crippen molar-refractivity contribution in [1.82, 2.24) is 0 Å². The Morgan fingerprint density at radius 3 is 1.04 bits per heavy atom. The Labute approximate surface area is 291 Å². The fraction of sp³-hybridized carbons (Fsp3) is 0.927. The average molecular weight is 667 g/mol. The van der Waals surface area contributed by atoms with Crippen molar-refractivity contribution >= 4 is 17.9 Å². The van der Waals surface area contributed by atoms with Gasteiger partial charge in [0.1, 0.15) is 13.2 Å². The lowest BCUT2D eigenvalue weighted by Crippen LogP contribution is -2.30. The molecule has 0 amide bonds. The summed E-state index contributed by atoms with van der Waals surface area (Å²) in [6.45, 7) is 8.88. The minimum absolute atomic E-state index is 0.0655. The van der Waals surface area contributed by atoms with Gasteiger partial charge in [0, 0.05) is 19.3 Å². The quantitative estimate of drug-likeness (QED) is 0.0376. The number of hydrogen-bond acceptors (Lipinski definition) is 6. The van der Waals surface area contributed by atoms with Gasteiger partial charge in [0.05, 0.1) is 0 Å². The zero-order valence-corrected chi connectivity index (χ0v) is 31.7. The molecule has 0 heterocycles. The van der Waals surface area contributed by atoms with Crippen molar-refractivity contribution in [1.29, 1.82) is 0 Å². The fourth-order valence-corrected chi connectivity index (χ4v) is 5.92. The first-order valence-electron chi connectivity index (χ1n) is 20.4.